The lowest BCUT2D eigenvalue weighted by molar-refractivity contribution is -0.124. The number of carbonyl (C=O) groups excluding carboxylic acids is 4. The number of rotatable bonds is 5. The third-order valence-corrected chi connectivity index (χ3v) is 5.39. The highest BCUT2D eigenvalue weighted by Crippen LogP contribution is 2.37. The van der Waals surface area contributed by atoms with E-state index in [9.17, 15) is 19.2 Å². The number of nitrogens with one attached hydrogen (secondary N) is 2. The van der Waals surface area contributed by atoms with E-state index in [4.69, 9.17) is 0 Å². The number of hydrogen-bond donors (Lipinski definition) is 2. The minimum atomic E-state index is -0.727. The van der Waals surface area contributed by atoms with Gasteiger partial charge in [-0.25, -0.2) is 4.79 Å². The SMILES string of the molecule is Cc1cc(C)c(C2C(=O)CC(CCNC(=O)NC(=O)c3ccccn3)C2=O)c(C)c1. The van der Waals surface area contributed by atoms with Gasteiger partial charge in [-0.15, -0.1) is 0 Å². The molecule has 1 heterocycles. The van der Waals surface area contributed by atoms with Crippen molar-refractivity contribution in [2.24, 2.45) is 5.92 Å². The summed E-state index contributed by atoms with van der Waals surface area (Å²) >= 11 is 0. The van der Waals surface area contributed by atoms with Crippen LogP contribution in [0.1, 0.15) is 51.5 Å². The Labute approximate surface area is 175 Å². The van der Waals surface area contributed by atoms with Crippen molar-refractivity contribution in [1.82, 2.24) is 15.6 Å². The van der Waals surface area contributed by atoms with Crippen molar-refractivity contribution < 1.29 is 19.2 Å². The van der Waals surface area contributed by atoms with Gasteiger partial charge in [-0.1, -0.05) is 23.8 Å². The molecular weight excluding hydrogens is 382 g/mol. The van der Waals surface area contributed by atoms with Crippen LogP contribution in [0.2, 0.25) is 0 Å². The van der Waals surface area contributed by atoms with Gasteiger partial charge in [0.1, 0.15) is 17.4 Å². The quantitative estimate of drug-likeness (QED) is 0.742. The molecule has 7 heteroatoms. The lowest BCUT2D eigenvalue weighted by Crippen LogP contribution is -2.40. The van der Waals surface area contributed by atoms with Gasteiger partial charge in [0.05, 0.1) is 0 Å². The Morgan fingerprint density at radius 2 is 1.80 bits per heavy atom. The first kappa shape index (κ1) is 21.4. The molecule has 1 aliphatic rings. The summed E-state index contributed by atoms with van der Waals surface area (Å²) in [5.41, 5.74) is 3.94. The summed E-state index contributed by atoms with van der Waals surface area (Å²) in [6.07, 6.45) is 1.98. The number of urea groups is 1. The number of aryl methyl sites for hydroxylation is 3. The monoisotopic (exact) mass is 407 g/mol. The number of carbonyl (C=O) groups is 4. The molecule has 1 saturated carbocycles. The third-order valence-electron chi connectivity index (χ3n) is 5.39. The summed E-state index contributed by atoms with van der Waals surface area (Å²) in [6, 6.07) is 8.13. The number of imide groups is 1. The number of ketones is 2. The maximum atomic E-state index is 12.9. The predicted molar refractivity (Wildman–Crippen MR) is 111 cm³/mol. The first-order valence-corrected chi connectivity index (χ1v) is 9.92. The van der Waals surface area contributed by atoms with Crippen LogP contribution in [0, 0.1) is 26.7 Å². The second-order valence-corrected chi connectivity index (χ2v) is 7.73. The third kappa shape index (κ3) is 4.62. The number of aromatic nitrogens is 1. The Kier molecular flexibility index (Phi) is 6.40. The normalized spacial score (nSPS) is 18.4. The Morgan fingerprint density at radius 1 is 1.10 bits per heavy atom. The Morgan fingerprint density at radius 3 is 2.43 bits per heavy atom. The summed E-state index contributed by atoms with van der Waals surface area (Å²) in [5.74, 6) is -1.94. The van der Waals surface area contributed by atoms with Gasteiger partial charge in [0.15, 0.2) is 5.78 Å². The predicted octanol–water partition coefficient (Wildman–Crippen LogP) is 2.78. The van der Waals surface area contributed by atoms with Gasteiger partial charge >= 0.3 is 6.03 Å². The molecule has 3 rings (SSSR count). The van der Waals surface area contributed by atoms with E-state index >= 15 is 0 Å². The lowest BCUT2D eigenvalue weighted by Gasteiger charge is -2.16. The van der Waals surface area contributed by atoms with E-state index in [1.807, 2.05) is 32.9 Å². The molecule has 0 aliphatic heterocycles. The van der Waals surface area contributed by atoms with Crippen molar-refractivity contribution in [3.05, 3.63) is 64.5 Å². The molecule has 2 unspecified atom stereocenters. The molecule has 0 radical (unpaired) electrons. The lowest BCUT2D eigenvalue weighted by atomic mass is 9.86. The summed E-state index contributed by atoms with van der Waals surface area (Å²) in [5, 5.41) is 4.76. The van der Waals surface area contributed by atoms with Gasteiger partial charge in [0, 0.05) is 25.1 Å². The van der Waals surface area contributed by atoms with Crippen molar-refractivity contribution >= 4 is 23.5 Å². The molecule has 0 saturated heterocycles. The summed E-state index contributed by atoms with van der Waals surface area (Å²) in [4.78, 5) is 53.3. The average Bonchev–Trinajstić information content (AvgIpc) is 2.96. The van der Waals surface area contributed by atoms with Crippen molar-refractivity contribution in [3.63, 3.8) is 0 Å². The van der Waals surface area contributed by atoms with Crippen molar-refractivity contribution in [1.29, 1.82) is 0 Å². The van der Waals surface area contributed by atoms with Gasteiger partial charge in [0.2, 0.25) is 0 Å². The zero-order chi connectivity index (χ0) is 21.8. The first-order valence-electron chi connectivity index (χ1n) is 9.92. The van der Waals surface area contributed by atoms with Crippen LogP contribution in [0.4, 0.5) is 4.79 Å². The molecule has 156 valence electrons. The molecule has 2 N–H and O–H groups in total. The molecule has 30 heavy (non-hydrogen) atoms. The van der Waals surface area contributed by atoms with Crippen LogP contribution in [0.15, 0.2) is 36.5 Å². The van der Waals surface area contributed by atoms with Crippen LogP contribution in [-0.2, 0) is 9.59 Å². The van der Waals surface area contributed by atoms with Gasteiger partial charge in [-0.3, -0.25) is 24.7 Å². The number of amides is 3. The fraction of sp³-hybridized carbons (Fsp3) is 0.348. The summed E-state index contributed by atoms with van der Waals surface area (Å²) in [6.45, 7) is 6.02. The number of Topliss-reactive ketones (excluding diaryl/α,β-unsaturated/α-hetero) is 2. The molecule has 2 atom stereocenters. The van der Waals surface area contributed by atoms with Crippen LogP contribution >= 0.6 is 0 Å². The molecule has 0 spiro atoms. The largest absolute Gasteiger partial charge is 0.338 e. The summed E-state index contributed by atoms with van der Waals surface area (Å²) in [7, 11) is 0. The first-order chi connectivity index (χ1) is 14.3. The summed E-state index contributed by atoms with van der Waals surface area (Å²) < 4.78 is 0. The van der Waals surface area contributed by atoms with E-state index in [2.05, 4.69) is 15.6 Å². The molecule has 7 nitrogen and oxygen atoms in total. The molecule has 2 aromatic rings. The fourth-order valence-corrected chi connectivity index (χ4v) is 4.12. The maximum absolute atomic E-state index is 12.9. The van der Waals surface area contributed by atoms with Crippen molar-refractivity contribution in [2.45, 2.75) is 39.5 Å². The topological polar surface area (TPSA) is 105 Å². The second-order valence-electron chi connectivity index (χ2n) is 7.73. The number of pyridine rings is 1. The number of hydrogen-bond acceptors (Lipinski definition) is 5. The molecule has 1 aromatic carbocycles. The van der Waals surface area contributed by atoms with Crippen LogP contribution in [0.5, 0.6) is 0 Å². The Balaban J connectivity index is 1.56. The second kappa shape index (κ2) is 8.98. The standard InChI is InChI=1S/C23H25N3O4/c1-13-10-14(2)19(15(3)11-13)20-18(27)12-16(21(20)28)7-9-25-23(30)26-22(29)17-6-4-5-8-24-17/h4-6,8,10-11,16,20H,7,9,12H2,1-3H3,(H2,25,26,29,30). The van der Waals surface area contributed by atoms with E-state index in [0.29, 0.717) is 6.42 Å². The van der Waals surface area contributed by atoms with Crippen LogP contribution in [0.25, 0.3) is 0 Å². The van der Waals surface area contributed by atoms with E-state index in [1.54, 1.807) is 12.1 Å². The molecular formula is C23H25N3O4. The van der Waals surface area contributed by atoms with Gasteiger partial charge in [-0.05, 0) is 56.0 Å². The highest BCUT2D eigenvalue weighted by atomic mass is 16.2. The van der Waals surface area contributed by atoms with E-state index in [-0.39, 0.29) is 30.2 Å². The zero-order valence-electron chi connectivity index (χ0n) is 17.3. The van der Waals surface area contributed by atoms with E-state index in [1.165, 1.54) is 12.3 Å². The Hall–Kier alpha value is -3.35. The molecule has 3 amide bonds. The smallest absolute Gasteiger partial charge is 0.321 e. The fourth-order valence-electron chi connectivity index (χ4n) is 4.12. The highest BCUT2D eigenvalue weighted by molar-refractivity contribution is 6.15. The van der Waals surface area contributed by atoms with Crippen molar-refractivity contribution in [2.75, 3.05) is 6.54 Å². The molecule has 1 fully saturated rings. The molecule has 0 bridgehead atoms. The number of benzene rings is 1. The van der Waals surface area contributed by atoms with Crippen LogP contribution in [-0.4, -0.2) is 35.0 Å². The minimum Gasteiger partial charge on any atom is -0.338 e. The van der Waals surface area contributed by atoms with Gasteiger partial charge < -0.3 is 5.32 Å². The highest BCUT2D eigenvalue weighted by Gasteiger charge is 2.42. The van der Waals surface area contributed by atoms with E-state index < -0.39 is 23.8 Å². The zero-order valence-corrected chi connectivity index (χ0v) is 17.3. The minimum absolute atomic E-state index is 0.0742. The van der Waals surface area contributed by atoms with Crippen LogP contribution < -0.4 is 10.6 Å². The van der Waals surface area contributed by atoms with Crippen LogP contribution in [0.3, 0.4) is 0 Å². The maximum Gasteiger partial charge on any atom is 0.321 e. The van der Waals surface area contributed by atoms with E-state index in [0.717, 1.165) is 22.3 Å². The molecule has 1 aromatic heterocycles. The number of nitrogens with zero attached hydrogens (tertiary/aromatic N) is 1. The van der Waals surface area contributed by atoms with Crippen molar-refractivity contribution in [3.8, 4) is 0 Å². The van der Waals surface area contributed by atoms with Gasteiger partial charge in [-0.2, -0.15) is 0 Å². The van der Waals surface area contributed by atoms with Gasteiger partial charge in [0.25, 0.3) is 5.91 Å². The molecule has 1 aliphatic carbocycles. The average molecular weight is 407 g/mol. The Bertz CT molecular complexity index is 978.